The quantitative estimate of drug-likeness (QED) is 0.109. The molecule has 6 heterocycles. The number of ether oxygens (including phenoxy) is 2. The van der Waals surface area contributed by atoms with Gasteiger partial charge in [0.1, 0.15) is 11.1 Å². The minimum Gasteiger partial charge on any atom is -0.424 e. The number of hydrogen-bond donors (Lipinski definition) is 0. The molecular weight excluding hydrogens is 785 g/mol. The standard InChI is InChI=1S/C34H14N4O12S4/c1-11(39)49-19-21-23(53-33(51-21)17-29(45)35-25(41)13-7-3-4-8-14(13)26(42)36(35)30(17)46)20(50-12(2)40)24-22(19)52-34(54-24)18-31(47)37-27(43)15-9-5-6-10-16(15)28(44)38(37)32(18)48/h3-10H,1-2H3. The average molecular weight is 799 g/mol. The number of nitrogens with zero attached hydrogens (tertiary/aromatic N) is 4. The van der Waals surface area contributed by atoms with Gasteiger partial charge in [0, 0.05) is 13.8 Å². The summed E-state index contributed by atoms with van der Waals surface area (Å²) >= 11 is 3.08. The highest BCUT2D eigenvalue weighted by Crippen LogP contribution is 2.68. The van der Waals surface area contributed by atoms with E-state index >= 15 is 0 Å². The number of hydrogen-bond acceptors (Lipinski definition) is 16. The molecule has 0 fully saturated rings. The SMILES string of the molecule is CC(=O)Oc1c2c(c(OC(C)=O)c3c1SC(=C1C(=O)n4c(=O)c5ccccc5c(=O)n4C1=O)S3)SC(=C1C(=O)n3c(=O)c4ccccc4c(=O)n3C1=O)S2. The highest BCUT2D eigenvalue weighted by molar-refractivity contribution is 8.26. The van der Waals surface area contributed by atoms with Crippen LogP contribution in [0.1, 0.15) is 33.0 Å². The van der Waals surface area contributed by atoms with Crippen molar-refractivity contribution in [3.8, 4) is 11.5 Å². The van der Waals surface area contributed by atoms with E-state index in [0.29, 0.717) is 18.7 Å². The first-order valence-corrected chi connectivity index (χ1v) is 18.6. The van der Waals surface area contributed by atoms with E-state index in [1.165, 1.54) is 48.5 Å². The van der Waals surface area contributed by atoms with Crippen LogP contribution in [-0.4, -0.2) is 54.3 Å². The lowest BCUT2D eigenvalue weighted by Gasteiger charge is -2.15. The van der Waals surface area contributed by atoms with Crippen molar-refractivity contribution in [1.29, 1.82) is 0 Å². The lowest BCUT2D eigenvalue weighted by atomic mass is 10.2. The van der Waals surface area contributed by atoms with Crippen molar-refractivity contribution in [2.24, 2.45) is 0 Å². The number of benzene rings is 3. The van der Waals surface area contributed by atoms with E-state index in [0.717, 1.165) is 60.9 Å². The first-order chi connectivity index (χ1) is 25.8. The summed E-state index contributed by atoms with van der Waals surface area (Å²) in [6, 6.07) is 11.4. The maximum Gasteiger partial charge on any atom is 0.308 e. The number of thioether (sulfide) groups is 4. The van der Waals surface area contributed by atoms with Crippen LogP contribution in [-0.2, 0) is 9.59 Å². The summed E-state index contributed by atoms with van der Waals surface area (Å²) in [4.78, 5) is 134. The van der Waals surface area contributed by atoms with Gasteiger partial charge in [-0.1, -0.05) is 71.3 Å². The number of rotatable bonds is 2. The van der Waals surface area contributed by atoms with Gasteiger partial charge in [-0.05, 0) is 24.3 Å². The minimum absolute atomic E-state index is 0.0273. The minimum atomic E-state index is -1.09. The molecule has 0 unspecified atom stereocenters. The zero-order valence-corrected chi connectivity index (χ0v) is 30.2. The molecule has 16 nitrogen and oxygen atoms in total. The molecule has 0 atom stereocenters. The fraction of sp³-hybridized carbons (Fsp3) is 0.0588. The molecule has 0 saturated carbocycles. The second-order valence-corrected chi connectivity index (χ2v) is 16.3. The average Bonchev–Trinajstić information content (AvgIpc) is 3.89. The summed E-state index contributed by atoms with van der Waals surface area (Å²) in [5.41, 5.74) is -4.65. The largest absolute Gasteiger partial charge is 0.424 e. The van der Waals surface area contributed by atoms with Gasteiger partial charge >= 0.3 is 11.9 Å². The van der Waals surface area contributed by atoms with Crippen molar-refractivity contribution >= 4 is 104 Å². The molecule has 4 aliphatic heterocycles. The van der Waals surface area contributed by atoms with Crippen LogP contribution in [0.5, 0.6) is 11.5 Å². The molecule has 266 valence electrons. The highest BCUT2D eigenvalue weighted by Gasteiger charge is 2.46. The number of esters is 2. The van der Waals surface area contributed by atoms with Gasteiger partial charge in [-0.3, -0.25) is 47.9 Å². The lowest BCUT2D eigenvalue weighted by Crippen LogP contribution is -2.38. The Balaban J connectivity index is 1.21. The van der Waals surface area contributed by atoms with E-state index in [4.69, 9.17) is 9.47 Å². The summed E-state index contributed by atoms with van der Waals surface area (Å²) in [5, 5.41) is -0.292. The smallest absolute Gasteiger partial charge is 0.308 e. The number of carbonyl (C=O) groups is 6. The van der Waals surface area contributed by atoms with Crippen LogP contribution in [0.4, 0.5) is 0 Å². The molecule has 54 heavy (non-hydrogen) atoms. The Labute approximate surface area is 314 Å². The van der Waals surface area contributed by atoms with E-state index in [1.54, 1.807) is 0 Å². The number of carbonyl (C=O) groups excluding carboxylic acids is 6. The van der Waals surface area contributed by atoms with Crippen LogP contribution in [0.25, 0.3) is 21.5 Å². The Morgan fingerprint density at radius 3 is 0.907 bits per heavy atom. The zero-order valence-electron chi connectivity index (χ0n) is 26.9. The van der Waals surface area contributed by atoms with Crippen LogP contribution >= 0.6 is 47.0 Å². The van der Waals surface area contributed by atoms with Crippen LogP contribution in [0.2, 0.25) is 0 Å². The first kappa shape index (κ1) is 33.8. The summed E-state index contributed by atoms with van der Waals surface area (Å²) < 4.78 is 13.0. The van der Waals surface area contributed by atoms with Crippen molar-refractivity contribution in [3.05, 3.63) is 110 Å². The topological polar surface area (TPSA) is 209 Å². The normalized spacial score (nSPS) is 15.7. The number of allylic oxidation sites excluding steroid dienone is 2. The van der Waals surface area contributed by atoms with E-state index in [-0.39, 0.29) is 61.1 Å². The molecule has 5 aromatic rings. The van der Waals surface area contributed by atoms with Crippen LogP contribution in [0.3, 0.4) is 0 Å². The molecule has 0 aliphatic carbocycles. The molecule has 0 amide bonds. The van der Waals surface area contributed by atoms with E-state index in [1.807, 2.05) is 0 Å². The Bertz CT molecular complexity index is 2740. The summed E-state index contributed by atoms with van der Waals surface area (Å²) in [6.07, 6.45) is 0. The fourth-order valence-electron chi connectivity index (χ4n) is 6.30. The third kappa shape index (κ3) is 4.50. The van der Waals surface area contributed by atoms with Gasteiger partial charge in [0.15, 0.2) is 11.5 Å². The number of aromatic nitrogens is 4. The van der Waals surface area contributed by atoms with E-state index in [9.17, 15) is 47.9 Å². The predicted molar refractivity (Wildman–Crippen MR) is 194 cm³/mol. The van der Waals surface area contributed by atoms with Gasteiger partial charge in [0.2, 0.25) is 0 Å². The van der Waals surface area contributed by atoms with Gasteiger partial charge in [0.25, 0.3) is 45.9 Å². The van der Waals surface area contributed by atoms with Crippen LogP contribution in [0.15, 0.2) is 107 Å². The second-order valence-electron chi connectivity index (χ2n) is 11.7. The number of fused-ring (bicyclic) bond motifs is 6. The van der Waals surface area contributed by atoms with Crippen molar-refractivity contribution in [3.63, 3.8) is 0 Å². The third-order valence-electron chi connectivity index (χ3n) is 8.49. The van der Waals surface area contributed by atoms with Crippen molar-refractivity contribution in [1.82, 2.24) is 18.7 Å². The Morgan fingerprint density at radius 2 is 0.685 bits per heavy atom. The maximum atomic E-state index is 13.8. The Hall–Kier alpha value is -5.96. The molecule has 0 saturated heterocycles. The molecule has 3 aromatic carbocycles. The van der Waals surface area contributed by atoms with Crippen LogP contribution in [0, 0.1) is 0 Å². The van der Waals surface area contributed by atoms with E-state index < -0.39 is 69.0 Å². The zero-order chi connectivity index (χ0) is 38.1. The summed E-state index contributed by atoms with van der Waals surface area (Å²) in [5.74, 6) is -6.25. The highest BCUT2D eigenvalue weighted by atomic mass is 32.2. The van der Waals surface area contributed by atoms with Gasteiger partial charge < -0.3 is 9.47 Å². The molecular formula is C34H14N4O12S4. The third-order valence-corrected chi connectivity index (χ3v) is 13.7. The molecule has 0 radical (unpaired) electrons. The monoisotopic (exact) mass is 798 g/mol. The molecule has 0 bridgehead atoms. The maximum absolute atomic E-state index is 13.8. The van der Waals surface area contributed by atoms with Gasteiger partial charge in [-0.25, -0.2) is 0 Å². The Kier molecular flexibility index (Phi) is 7.38. The molecule has 20 heteroatoms. The molecule has 9 rings (SSSR count). The molecule has 4 aliphatic rings. The molecule has 0 spiro atoms. The van der Waals surface area contributed by atoms with Crippen molar-refractivity contribution in [2.45, 2.75) is 33.4 Å². The first-order valence-electron chi connectivity index (χ1n) is 15.3. The van der Waals surface area contributed by atoms with E-state index in [2.05, 4.69) is 0 Å². The van der Waals surface area contributed by atoms with Gasteiger partial charge in [-0.15, -0.1) is 0 Å². The lowest BCUT2D eigenvalue weighted by molar-refractivity contribution is -0.133. The van der Waals surface area contributed by atoms with Crippen molar-refractivity contribution < 1.29 is 38.2 Å². The summed E-state index contributed by atoms with van der Waals surface area (Å²) in [6.45, 7) is 2.21. The van der Waals surface area contributed by atoms with Gasteiger partial charge in [-0.2, -0.15) is 18.7 Å². The fourth-order valence-corrected chi connectivity index (χ4v) is 11.8. The second kappa shape index (κ2) is 11.8. The molecule has 0 N–H and O–H groups in total. The summed E-state index contributed by atoms with van der Waals surface area (Å²) in [7, 11) is 0. The van der Waals surface area contributed by atoms with Crippen molar-refractivity contribution in [2.75, 3.05) is 0 Å². The predicted octanol–water partition coefficient (Wildman–Crippen LogP) is 3.30. The van der Waals surface area contributed by atoms with Crippen LogP contribution < -0.4 is 31.7 Å². The molecule has 2 aromatic heterocycles. The van der Waals surface area contributed by atoms with Gasteiger partial charge in [0.05, 0.1) is 49.6 Å². The Morgan fingerprint density at radius 1 is 0.444 bits per heavy atom.